The lowest BCUT2D eigenvalue weighted by molar-refractivity contribution is 0.0697. The molecule has 17 heavy (non-hydrogen) atoms. The minimum atomic E-state index is -0.850. The minimum absolute atomic E-state index is 0.392. The number of allylic oxidation sites excluding steroid dienone is 1. The Balaban J connectivity index is 2.03. The van der Waals surface area contributed by atoms with Crippen LogP contribution in [-0.4, -0.2) is 16.1 Å². The first-order chi connectivity index (χ1) is 8.22. The molecule has 2 N–H and O–H groups in total. The second kappa shape index (κ2) is 5.21. The van der Waals surface area contributed by atoms with Crippen LogP contribution in [0.3, 0.4) is 0 Å². The van der Waals surface area contributed by atoms with Gasteiger partial charge in [0.15, 0.2) is 0 Å². The molecule has 1 atom stereocenters. The standard InChI is InChI=1S/C14H19NO2/c1-2-3-4-5-10-6-7-11-12(14(16)17)9-15-13(11)8-10/h6-7,9-10,15H,2-5,8H2,1H3,(H,16,17). The molecule has 1 unspecified atom stereocenters. The maximum atomic E-state index is 11.0. The molecule has 0 saturated carbocycles. The van der Waals surface area contributed by atoms with Gasteiger partial charge in [0, 0.05) is 17.5 Å². The summed E-state index contributed by atoms with van der Waals surface area (Å²) < 4.78 is 0. The van der Waals surface area contributed by atoms with E-state index in [1.54, 1.807) is 6.20 Å². The van der Waals surface area contributed by atoms with Crippen LogP contribution in [0.25, 0.3) is 6.08 Å². The van der Waals surface area contributed by atoms with Crippen LogP contribution in [0.5, 0.6) is 0 Å². The van der Waals surface area contributed by atoms with E-state index in [0.717, 1.165) is 17.7 Å². The summed E-state index contributed by atoms with van der Waals surface area (Å²) in [5.41, 5.74) is 2.33. The number of carboxylic acids is 1. The lowest BCUT2D eigenvalue weighted by Gasteiger charge is -2.16. The number of hydrogen-bond acceptors (Lipinski definition) is 1. The molecule has 0 fully saturated rings. The van der Waals surface area contributed by atoms with Gasteiger partial charge in [0.1, 0.15) is 0 Å². The molecule has 1 aliphatic rings. The van der Waals surface area contributed by atoms with Crippen molar-refractivity contribution >= 4 is 12.0 Å². The van der Waals surface area contributed by atoms with Gasteiger partial charge in [-0.1, -0.05) is 38.3 Å². The largest absolute Gasteiger partial charge is 0.478 e. The fourth-order valence-corrected chi connectivity index (χ4v) is 2.43. The summed E-state index contributed by atoms with van der Waals surface area (Å²) in [4.78, 5) is 14.1. The number of fused-ring (bicyclic) bond motifs is 1. The number of carboxylic acid groups (broad SMARTS) is 1. The maximum Gasteiger partial charge on any atom is 0.337 e. The zero-order chi connectivity index (χ0) is 12.3. The Morgan fingerprint density at radius 2 is 2.35 bits per heavy atom. The Hall–Kier alpha value is -1.51. The number of aromatic nitrogens is 1. The van der Waals surface area contributed by atoms with Gasteiger partial charge in [0.05, 0.1) is 5.56 Å². The maximum absolute atomic E-state index is 11.0. The summed E-state index contributed by atoms with van der Waals surface area (Å²) >= 11 is 0. The first-order valence-electron chi connectivity index (χ1n) is 6.34. The summed E-state index contributed by atoms with van der Waals surface area (Å²) in [6.45, 7) is 2.21. The van der Waals surface area contributed by atoms with Crippen molar-refractivity contribution in [1.29, 1.82) is 0 Å². The van der Waals surface area contributed by atoms with Crippen LogP contribution >= 0.6 is 0 Å². The van der Waals surface area contributed by atoms with Gasteiger partial charge in [-0.3, -0.25) is 0 Å². The highest BCUT2D eigenvalue weighted by Gasteiger charge is 2.20. The van der Waals surface area contributed by atoms with Crippen molar-refractivity contribution < 1.29 is 9.90 Å². The highest BCUT2D eigenvalue weighted by atomic mass is 16.4. The Labute approximate surface area is 102 Å². The SMILES string of the molecule is CCCCCC1C=Cc2c(C(=O)O)c[nH]c2C1. The number of aromatic amines is 1. The van der Waals surface area contributed by atoms with Gasteiger partial charge in [-0.2, -0.15) is 0 Å². The molecular weight excluding hydrogens is 214 g/mol. The van der Waals surface area contributed by atoms with Crippen molar-refractivity contribution in [1.82, 2.24) is 4.98 Å². The average Bonchev–Trinajstić information content (AvgIpc) is 2.72. The second-order valence-electron chi connectivity index (χ2n) is 4.72. The molecule has 1 heterocycles. The van der Waals surface area contributed by atoms with E-state index < -0.39 is 5.97 Å². The van der Waals surface area contributed by atoms with E-state index in [9.17, 15) is 4.79 Å². The van der Waals surface area contributed by atoms with Crippen molar-refractivity contribution in [2.45, 2.75) is 39.0 Å². The van der Waals surface area contributed by atoms with E-state index in [0.29, 0.717) is 11.5 Å². The molecular formula is C14H19NO2. The van der Waals surface area contributed by atoms with Gasteiger partial charge in [0.2, 0.25) is 0 Å². The molecule has 0 aromatic carbocycles. The van der Waals surface area contributed by atoms with Crippen LogP contribution in [0.4, 0.5) is 0 Å². The molecule has 92 valence electrons. The topological polar surface area (TPSA) is 53.1 Å². The number of carbonyl (C=O) groups is 1. The Morgan fingerprint density at radius 1 is 1.53 bits per heavy atom. The molecule has 0 saturated heterocycles. The van der Waals surface area contributed by atoms with E-state index in [-0.39, 0.29) is 0 Å². The van der Waals surface area contributed by atoms with Gasteiger partial charge >= 0.3 is 5.97 Å². The summed E-state index contributed by atoms with van der Waals surface area (Å²) in [6.07, 6.45) is 11.7. The monoisotopic (exact) mass is 233 g/mol. The Bertz CT molecular complexity index is 431. The highest BCUT2D eigenvalue weighted by Crippen LogP contribution is 2.28. The Morgan fingerprint density at radius 3 is 3.06 bits per heavy atom. The molecule has 0 bridgehead atoms. The van der Waals surface area contributed by atoms with E-state index in [1.165, 1.54) is 25.7 Å². The van der Waals surface area contributed by atoms with Crippen LogP contribution in [0.1, 0.15) is 54.2 Å². The number of rotatable bonds is 5. The van der Waals surface area contributed by atoms with Gasteiger partial charge in [-0.15, -0.1) is 0 Å². The zero-order valence-corrected chi connectivity index (χ0v) is 10.2. The third kappa shape index (κ3) is 2.60. The second-order valence-corrected chi connectivity index (χ2v) is 4.72. The first kappa shape index (κ1) is 12.0. The lowest BCUT2D eigenvalue weighted by Crippen LogP contribution is -2.08. The van der Waals surface area contributed by atoms with Crippen molar-refractivity contribution in [2.75, 3.05) is 0 Å². The van der Waals surface area contributed by atoms with Gasteiger partial charge in [-0.05, 0) is 18.8 Å². The van der Waals surface area contributed by atoms with Crippen LogP contribution in [0.2, 0.25) is 0 Å². The van der Waals surface area contributed by atoms with E-state index >= 15 is 0 Å². The van der Waals surface area contributed by atoms with Crippen molar-refractivity contribution in [3.05, 3.63) is 29.1 Å². The fraction of sp³-hybridized carbons (Fsp3) is 0.500. The molecule has 0 spiro atoms. The summed E-state index contributed by atoms with van der Waals surface area (Å²) in [5.74, 6) is -0.286. The van der Waals surface area contributed by atoms with Gasteiger partial charge in [0.25, 0.3) is 0 Å². The van der Waals surface area contributed by atoms with Crippen LogP contribution in [0, 0.1) is 5.92 Å². The molecule has 3 nitrogen and oxygen atoms in total. The quantitative estimate of drug-likeness (QED) is 0.765. The normalized spacial score (nSPS) is 18.1. The number of aromatic carboxylic acids is 1. The zero-order valence-electron chi connectivity index (χ0n) is 10.2. The minimum Gasteiger partial charge on any atom is -0.478 e. The predicted octanol–water partition coefficient (Wildman–Crippen LogP) is 3.48. The summed E-state index contributed by atoms with van der Waals surface area (Å²) in [5, 5.41) is 9.02. The highest BCUT2D eigenvalue weighted by molar-refractivity contribution is 5.92. The average molecular weight is 233 g/mol. The summed E-state index contributed by atoms with van der Waals surface area (Å²) in [6, 6.07) is 0. The van der Waals surface area contributed by atoms with Crippen LogP contribution in [-0.2, 0) is 6.42 Å². The molecule has 1 aromatic rings. The number of hydrogen-bond donors (Lipinski definition) is 2. The molecule has 0 radical (unpaired) electrons. The van der Waals surface area contributed by atoms with Crippen molar-refractivity contribution in [3.8, 4) is 0 Å². The Kier molecular flexibility index (Phi) is 3.67. The van der Waals surface area contributed by atoms with E-state index in [1.807, 2.05) is 6.08 Å². The molecule has 0 amide bonds. The van der Waals surface area contributed by atoms with E-state index in [2.05, 4.69) is 18.0 Å². The molecule has 1 aliphatic carbocycles. The lowest BCUT2D eigenvalue weighted by atomic mass is 9.89. The molecule has 2 rings (SSSR count). The van der Waals surface area contributed by atoms with E-state index in [4.69, 9.17) is 5.11 Å². The summed E-state index contributed by atoms with van der Waals surface area (Å²) in [7, 11) is 0. The fourth-order valence-electron chi connectivity index (χ4n) is 2.43. The third-order valence-electron chi connectivity index (χ3n) is 3.42. The van der Waals surface area contributed by atoms with Gasteiger partial charge < -0.3 is 10.1 Å². The number of H-pyrrole nitrogens is 1. The van der Waals surface area contributed by atoms with Crippen LogP contribution in [0.15, 0.2) is 12.3 Å². The molecule has 1 aromatic heterocycles. The third-order valence-corrected chi connectivity index (χ3v) is 3.42. The van der Waals surface area contributed by atoms with Crippen LogP contribution < -0.4 is 0 Å². The molecule has 0 aliphatic heterocycles. The number of unbranched alkanes of at least 4 members (excludes halogenated alkanes) is 2. The van der Waals surface area contributed by atoms with Crippen molar-refractivity contribution in [3.63, 3.8) is 0 Å². The van der Waals surface area contributed by atoms with Crippen molar-refractivity contribution in [2.24, 2.45) is 5.92 Å². The number of nitrogens with one attached hydrogen (secondary N) is 1. The first-order valence-corrected chi connectivity index (χ1v) is 6.34. The molecule has 3 heteroatoms. The smallest absolute Gasteiger partial charge is 0.337 e. The predicted molar refractivity (Wildman–Crippen MR) is 68.1 cm³/mol. The van der Waals surface area contributed by atoms with Gasteiger partial charge in [-0.25, -0.2) is 4.79 Å².